The summed E-state index contributed by atoms with van der Waals surface area (Å²) >= 11 is 0. The van der Waals surface area contributed by atoms with E-state index in [9.17, 15) is 19.2 Å². The van der Waals surface area contributed by atoms with Crippen molar-refractivity contribution in [2.75, 3.05) is 7.11 Å². The maximum Gasteiger partial charge on any atom is 0.275 e. The largest absolute Gasteiger partial charge is 0.294 e. The van der Waals surface area contributed by atoms with Crippen LogP contribution in [0.2, 0.25) is 0 Å². The monoisotopic (exact) mass is 423 g/mol. The third-order valence-electron chi connectivity index (χ3n) is 4.74. The number of ketones is 3. The summed E-state index contributed by atoms with van der Waals surface area (Å²) in [5.41, 5.74) is 2.33. The van der Waals surface area contributed by atoms with E-state index in [1.165, 1.54) is 25.3 Å². The summed E-state index contributed by atoms with van der Waals surface area (Å²) < 4.78 is 0. The Morgan fingerprint density at radius 1 is 0.677 bits per heavy atom. The maximum atomic E-state index is 13.3. The van der Waals surface area contributed by atoms with Gasteiger partial charge in [-0.05, 0) is 12.1 Å². The van der Waals surface area contributed by atoms with Gasteiger partial charge in [-0.25, -0.2) is 5.48 Å². The zero-order valence-electron chi connectivity index (χ0n) is 19.1. The molecule has 0 spiro atoms. The number of carbonyl (C=O) groups excluding carboxylic acids is 4. The van der Waals surface area contributed by atoms with Crippen LogP contribution in [-0.2, 0) is 4.84 Å². The van der Waals surface area contributed by atoms with E-state index in [1.54, 1.807) is 45.0 Å². The van der Waals surface area contributed by atoms with Crippen LogP contribution in [0.25, 0.3) is 0 Å². The topological polar surface area (TPSA) is 89.5 Å². The number of carbonyl (C=O) groups is 4. The Kier molecular flexibility index (Phi) is 6.96. The molecular formula is C25H29NO5. The van der Waals surface area contributed by atoms with Crippen molar-refractivity contribution in [3.63, 3.8) is 0 Å². The van der Waals surface area contributed by atoms with Gasteiger partial charge >= 0.3 is 0 Å². The summed E-state index contributed by atoms with van der Waals surface area (Å²) in [5, 5.41) is 0. The number of nitrogens with one attached hydrogen (secondary N) is 1. The second-order valence-corrected chi connectivity index (χ2v) is 9.46. The Morgan fingerprint density at radius 3 is 1.61 bits per heavy atom. The molecule has 6 heteroatoms. The molecule has 0 atom stereocenters. The summed E-state index contributed by atoms with van der Waals surface area (Å²) in [4.78, 5) is 55.5. The third-order valence-corrected chi connectivity index (χ3v) is 4.74. The minimum Gasteiger partial charge on any atom is -0.294 e. The second kappa shape index (κ2) is 8.94. The summed E-state index contributed by atoms with van der Waals surface area (Å²) in [5.74, 6) is -1.21. The van der Waals surface area contributed by atoms with E-state index in [2.05, 4.69) is 10.3 Å². The molecule has 2 aromatic rings. The molecule has 0 saturated heterocycles. The molecule has 2 rings (SSSR count). The first-order valence-corrected chi connectivity index (χ1v) is 9.99. The van der Waals surface area contributed by atoms with Gasteiger partial charge in [0, 0.05) is 33.1 Å². The highest BCUT2D eigenvalue weighted by Crippen LogP contribution is 2.25. The molecule has 31 heavy (non-hydrogen) atoms. The lowest BCUT2D eigenvalue weighted by molar-refractivity contribution is 0.0535. The third kappa shape index (κ3) is 5.52. The lowest BCUT2D eigenvalue weighted by atomic mass is 9.84. The Hall–Kier alpha value is -3.12. The lowest BCUT2D eigenvalue weighted by Gasteiger charge is -2.18. The molecular weight excluding hydrogens is 394 g/mol. The van der Waals surface area contributed by atoms with Crippen molar-refractivity contribution in [2.24, 2.45) is 10.8 Å². The highest BCUT2D eigenvalue weighted by Gasteiger charge is 2.27. The van der Waals surface area contributed by atoms with Crippen LogP contribution in [0, 0.1) is 10.8 Å². The van der Waals surface area contributed by atoms with Crippen molar-refractivity contribution in [3.8, 4) is 0 Å². The van der Waals surface area contributed by atoms with E-state index >= 15 is 0 Å². The quantitative estimate of drug-likeness (QED) is 0.539. The van der Waals surface area contributed by atoms with E-state index < -0.39 is 22.5 Å². The van der Waals surface area contributed by atoms with E-state index in [4.69, 9.17) is 0 Å². The van der Waals surface area contributed by atoms with Crippen molar-refractivity contribution >= 4 is 23.3 Å². The lowest BCUT2D eigenvalue weighted by Crippen LogP contribution is -2.26. The molecule has 0 radical (unpaired) electrons. The number of amides is 1. The molecule has 0 aliphatic carbocycles. The van der Waals surface area contributed by atoms with Crippen LogP contribution in [0.5, 0.6) is 0 Å². The number of hydrogen-bond acceptors (Lipinski definition) is 5. The molecule has 0 fully saturated rings. The van der Waals surface area contributed by atoms with Crippen molar-refractivity contribution in [2.45, 2.75) is 41.5 Å². The van der Waals surface area contributed by atoms with Crippen molar-refractivity contribution in [1.82, 2.24) is 5.48 Å². The average molecular weight is 424 g/mol. The van der Waals surface area contributed by atoms with Gasteiger partial charge in [0.25, 0.3) is 5.91 Å². The molecule has 0 aliphatic rings. The van der Waals surface area contributed by atoms with Crippen molar-refractivity contribution < 1.29 is 24.0 Å². The van der Waals surface area contributed by atoms with Crippen LogP contribution >= 0.6 is 0 Å². The fraction of sp³-hybridized carbons (Fsp3) is 0.360. The Morgan fingerprint density at radius 2 is 1.13 bits per heavy atom. The summed E-state index contributed by atoms with van der Waals surface area (Å²) in [6.45, 7) is 10.8. The Balaban J connectivity index is 2.53. The molecule has 2 aromatic carbocycles. The number of hydrogen-bond donors (Lipinski definition) is 1. The van der Waals surface area contributed by atoms with Gasteiger partial charge in [-0.2, -0.15) is 0 Å². The molecule has 1 amide bonds. The van der Waals surface area contributed by atoms with Crippen LogP contribution in [0.3, 0.4) is 0 Å². The normalized spacial score (nSPS) is 11.7. The summed E-state index contributed by atoms with van der Waals surface area (Å²) in [6.07, 6.45) is 0. The predicted molar refractivity (Wildman–Crippen MR) is 118 cm³/mol. The van der Waals surface area contributed by atoms with Crippen molar-refractivity contribution in [1.29, 1.82) is 0 Å². The van der Waals surface area contributed by atoms with Crippen molar-refractivity contribution in [3.05, 3.63) is 70.3 Å². The number of Topliss-reactive ketones (excluding diaryl/α,β-unsaturated/α-hetero) is 2. The van der Waals surface area contributed by atoms with Crippen LogP contribution in [0.15, 0.2) is 42.5 Å². The molecule has 0 aromatic heterocycles. The van der Waals surface area contributed by atoms with Gasteiger partial charge in [-0.1, -0.05) is 71.9 Å². The fourth-order valence-electron chi connectivity index (χ4n) is 3.01. The zero-order valence-corrected chi connectivity index (χ0v) is 19.1. The van der Waals surface area contributed by atoms with E-state index in [0.717, 1.165) is 0 Å². The van der Waals surface area contributed by atoms with Crippen LogP contribution < -0.4 is 5.48 Å². The van der Waals surface area contributed by atoms with Gasteiger partial charge in [0.15, 0.2) is 17.3 Å². The Labute approximate surface area is 182 Å². The van der Waals surface area contributed by atoms with Crippen LogP contribution in [0.4, 0.5) is 0 Å². The van der Waals surface area contributed by atoms with Gasteiger partial charge in [-0.3, -0.25) is 24.0 Å². The predicted octanol–water partition coefficient (Wildman–Crippen LogP) is 4.67. The average Bonchev–Trinajstić information content (AvgIpc) is 2.70. The standard InChI is InChI=1S/C25H29NO5/c1-24(2,3)21(28)16-10-8-15(9-11-16)20(27)19-14-17(22(29)25(4,5)6)12-13-18(19)23(30)26-31-7/h8-14H,1-7H3,(H,26,30). The highest BCUT2D eigenvalue weighted by molar-refractivity contribution is 6.16. The SMILES string of the molecule is CONC(=O)c1ccc(C(=O)C(C)(C)C)cc1C(=O)c1ccc(C(=O)C(C)(C)C)cc1. The van der Waals surface area contributed by atoms with E-state index in [1.807, 2.05) is 20.8 Å². The zero-order chi connectivity index (χ0) is 23.6. The Bertz CT molecular complexity index is 1020. The van der Waals surface area contributed by atoms with Gasteiger partial charge < -0.3 is 0 Å². The van der Waals surface area contributed by atoms with E-state index in [0.29, 0.717) is 16.7 Å². The van der Waals surface area contributed by atoms with Gasteiger partial charge in [0.2, 0.25) is 0 Å². The molecule has 0 aliphatic heterocycles. The van der Waals surface area contributed by atoms with Crippen LogP contribution in [0.1, 0.15) is 88.5 Å². The molecule has 1 N–H and O–H groups in total. The summed E-state index contributed by atoms with van der Waals surface area (Å²) in [7, 11) is 1.29. The minimum absolute atomic E-state index is 0.0376. The molecule has 0 unspecified atom stereocenters. The molecule has 0 saturated carbocycles. The number of hydroxylamine groups is 1. The fourth-order valence-corrected chi connectivity index (χ4v) is 3.01. The second-order valence-electron chi connectivity index (χ2n) is 9.46. The van der Waals surface area contributed by atoms with E-state index in [-0.39, 0.29) is 22.7 Å². The van der Waals surface area contributed by atoms with Crippen LogP contribution in [-0.4, -0.2) is 30.4 Å². The minimum atomic E-state index is -0.647. The van der Waals surface area contributed by atoms with Gasteiger partial charge in [0.05, 0.1) is 12.7 Å². The molecule has 0 bridgehead atoms. The van der Waals surface area contributed by atoms with Gasteiger partial charge in [0.1, 0.15) is 0 Å². The maximum absolute atomic E-state index is 13.3. The number of rotatable bonds is 6. The first kappa shape index (κ1) is 24.2. The molecule has 6 nitrogen and oxygen atoms in total. The first-order chi connectivity index (χ1) is 14.3. The smallest absolute Gasteiger partial charge is 0.275 e. The van der Waals surface area contributed by atoms with Gasteiger partial charge in [-0.15, -0.1) is 0 Å². The first-order valence-electron chi connectivity index (χ1n) is 9.99. The molecule has 164 valence electrons. The summed E-state index contributed by atoms with van der Waals surface area (Å²) in [6, 6.07) is 10.7. The number of benzene rings is 2. The molecule has 0 heterocycles. The highest BCUT2D eigenvalue weighted by atomic mass is 16.6.